The van der Waals surface area contributed by atoms with E-state index >= 15 is 0 Å². The van der Waals surface area contributed by atoms with Gasteiger partial charge in [0.05, 0.1) is 18.1 Å². The molecule has 1 aromatic carbocycles. The minimum atomic E-state index is -0.132. The Kier molecular flexibility index (Phi) is 6.60. The van der Waals surface area contributed by atoms with Crippen LogP contribution in [0.15, 0.2) is 47.4 Å². The highest BCUT2D eigenvalue weighted by Crippen LogP contribution is 2.31. The van der Waals surface area contributed by atoms with E-state index in [1.165, 1.54) is 16.7 Å². The van der Waals surface area contributed by atoms with E-state index in [0.717, 1.165) is 5.56 Å². The Labute approximate surface area is 162 Å². The van der Waals surface area contributed by atoms with Crippen molar-refractivity contribution in [1.82, 2.24) is 9.80 Å². The maximum absolute atomic E-state index is 12.5. The van der Waals surface area contributed by atoms with Crippen LogP contribution in [0.3, 0.4) is 0 Å². The molecule has 2 saturated heterocycles. The lowest BCUT2D eigenvalue weighted by molar-refractivity contribution is -0.135. The first-order chi connectivity index (χ1) is 12.6. The summed E-state index contributed by atoms with van der Waals surface area (Å²) in [6.07, 6.45) is 5.84. The number of morpholine rings is 1. The molecule has 2 aliphatic heterocycles. The number of hydrogen-bond acceptors (Lipinski definition) is 5. The third-order valence-corrected chi connectivity index (χ3v) is 5.52. The van der Waals surface area contributed by atoms with E-state index < -0.39 is 0 Å². The monoisotopic (exact) mass is 388 g/mol. The van der Waals surface area contributed by atoms with Crippen LogP contribution >= 0.6 is 24.0 Å². The number of benzene rings is 1. The van der Waals surface area contributed by atoms with Gasteiger partial charge in [0.25, 0.3) is 5.91 Å². The van der Waals surface area contributed by atoms with Gasteiger partial charge >= 0.3 is 0 Å². The van der Waals surface area contributed by atoms with Crippen LogP contribution in [0.25, 0.3) is 6.08 Å². The number of allylic oxidation sites excluding steroid dienone is 2. The fourth-order valence-corrected chi connectivity index (χ4v) is 3.96. The van der Waals surface area contributed by atoms with Crippen molar-refractivity contribution in [2.24, 2.45) is 0 Å². The number of thioether (sulfide) groups is 1. The number of carbonyl (C=O) groups is 2. The van der Waals surface area contributed by atoms with Gasteiger partial charge in [0.2, 0.25) is 5.91 Å². The van der Waals surface area contributed by atoms with E-state index in [1.807, 2.05) is 42.5 Å². The number of ether oxygens (including phenoxy) is 1. The molecule has 0 bridgehead atoms. The van der Waals surface area contributed by atoms with Crippen molar-refractivity contribution < 1.29 is 14.3 Å². The summed E-state index contributed by atoms with van der Waals surface area (Å²) < 4.78 is 5.75. The zero-order valence-corrected chi connectivity index (χ0v) is 15.9. The Morgan fingerprint density at radius 3 is 2.69 bits per heavy atom. The third kappa shape index (κ3) is 4.81. The summed E-state index contributed by atoms with van der Waals surface area (Å²) in [5.74, 6) is -0.0946. The zero-order valence-electron chi connectivity index (χ0n) is 14.3. The zero-order chi connectivity index (χ0) is 18.4. The first kappa shape index (κ1) is 18.8. The summed E-state index contributed by atoms with van der Waals surface area (Å²) in [5, 5.41) is 0. The molecule has 26 heavy (non-hydrogen) atoms. The molecule has 2 aliphatic rings. The third-order valence-electron chi connectivity index (χ3n) is 4.12. The lowest BCUT2D eigenvalue weighted by Gasteiger charge is -2.27. The number of amides is 2. The fourth-order valence-electron chi connectivity index (χ4n) is 2.70. The Hall–Kier alpha value is -1.96. The molecule has 0 radical (unpaired) electrons. The normalized spacial score (nSPS) is 19.8. The molecule has 2 heterocycles. The molecule has 0 N–H and O–H groups in total. The summed E-state index contributed by atoms with van der Waals surface area (Å²) in [6.45, 7) is 2.69. The predicted molar refractivity (Wildman–Crippen MR) is 107 cm³/mol. The average Bonchev–Trinajstić information content (AvgIpc) is 2.94. The van der Waals surface area contributed by atoms with Gasteiger partial charge in [0.15, 0.2) is 0 Å². The van der Waals surface area contributed by atoms with Gasteiger partial charge < -0.3 is 9.64 Å². The van der Waals surface area contributed by atoms with E-state index in [1.54, 1.807) is 11.0 Å². The van der Waals surface area contributed by atoms with Crippen molar-refractivity contribution in [2.75, 3.05) is 32.8 Å². The summed E-state index contributed by atoms with van der Waals surface area (Å²) >= 11 is 6.58. The van der Waals surface area contributed by atoms with Crippen LogP contribution in [0, 0.1) is 0 Å². The van der Waals surface area contributed by atoms with Crippen LogP contribution in [0.4, 0.5) is 0 Å². The van der Waals surface area contributed by atoms with Gasteiger partial charge in [-0.2, -0.15) is 0 Å². The number of thiocarbonyl (C=S) groups is 1. The molecular formula is C19H20N2O3S2. The largest absolute Gasteiger partial charge is 0.378 e. The first-order valence-electron chi connectivity index (χ1n) is 8.48. The van der Waals surface area contributed by atoms with E-state index in [9.17, 15) is 9.59 Å². The maximum atomic E-state index is 12.5. The average molecular weight is 389 g/mol. The SMILES string of the molecule is O=C(CCN1C(=O)/C(=C\C=C/c2ccccc2)SC1=S)N1CCOCC1. The van der Waals surface area contributed by atoms with E-state index in [0.29, 0.717) is 42.1 Å². The lowest BCUT2D eigenvalue weighted by Crippen LogP contribution is -2.42. The van der Waals surface area contributed by atoms with Crippen molar-refractivity contribution in [3.05, 3.63) is 53.0 Å². The highest BCUT2D eigenvalue weighted by molar-refractivity contribution is 8.26. The van der Waals surface area contributed by atoms with Crippen molar-refractivity contribution in [1.29, 1.82) is 0 Å². The molecule has 3 rings (SSSR count). The van der Waals surface area contributed by atoms with Crippen LogP contribution in [-0.4, -0.2) is 58.8 Å². The van der Waals surface area contributed by atoms with Gasteiger partial charge in [-0.3, -0.25) is 14.5 Å². The van der Waals surface area contributed by atoms with Crippen LogP contribution in [0.5, 0.6) is 0 Å². The maximum Gasteiger partial charge on any atom is 0.266 e. The Bertz CT molecular complexity index is 740. The molecule has 2 amide bonds. The summed E-state index contributed by atoms with van der Waals surface area (Å²) in [5.41, 5.74) is 1.07. The molecule has 2 fully saturated rings. The lowest BCUT2D eigenvalue weighted by atomic mass is 10.2. The predicted octanol–water partition coefficient (Wildman–Crippen LogP) is 2.69. The van der Waals surface area contributed by atoms with Crippen LogP contribution < -0.4 is 0 Å². The smallest absolute Gasteiger partial charge is 0.266 e. The van der Waals surface area contributed by atoms with Crippen molar-refractivity contribution >= 4 is 46.2 Å². The second kappa shape index (κ2) is 9.12. The summed E-state index contributed by atoms with van der Waals surface area (Å²) in [7, 11) is 0. The van der Waals surface area contributed by atoms with Gasteiger partial charge in [0, 0.05) is 26.1 Å². The Morgan fingerprint density at radius 2 is 1.96 bits per heavy atom. The second-order valence-corrected chi connectivity index (χ2v) is 7.54. The minimum Gasteiger partial charge on any atom is -0.378 e. The quantitative estimate of drug-likeness (QED) is 0.573. The highest BCUT2D eigenvalue weighted by Gasteiger charge is 2.32. The van der Waals surface area contributed by atoms with Gasteiger partial charge in [-0.05, 0) is 11.6 Å². The van der Waals surface area contributed by atoms with Gasteiger partial charge in [-0.1, -0.05) is 66.5 Å². The molecule has 5 nitrogen and oxygen atoms in total. The van der Waals surface area contributed by atoms with Crippen LogP contribution in [0.1, 0.15) is 12.0 Å². The van der Waals surface area contributed by atoms with Crippen molar-refractivity contribution in [3.8, 4) is 0 Å². The molecular weight excluding hydrogens is 368 g/mol. The molecule has 0 spiro atoms. The number of carbonyl (C=O) groups excluding carboxylic acids is 2. The Morgan fingerprint density at radius 1 is 1.23 bits per heavy atom. The first-order valence-corrected chi connectivity index (χ1v) is 9.70. The number of hydrogen-bond donors (Lipinski definition) is 0. The number of rotatable bonds is 5. The van der Waals surface area contributed by atoms with E-state index in [2.05, 4.69) is 0 Å². The minimum absolute atomic E-state index is 0.0373. The van der Waals surface area contributed by atoms with E-state index in [4.69, 9.17) is 17.0 Å². The van der Waals surface area contributed by atoms with Crippen molar-refractivity contribution in [3.63, 3.8) is 0 Å². The molecule has 0 unspecified atom stereocenters. The van der Waals surface area contributed by atoms with Crippen LogP contribution in [-0.2, 0) is 14.3 Å². The van der Waals surface area contributed by atoms with Crippen LogP contribution in [0.2, 0.25) is 0 Å². The second-order valence-electron chi connectivity index (χ2n) is 5.87. The summed E-state index contributed by atoms with van der Waals surface area (Å²) in [6, 6.07) is 9.87. The van der Waals surface area contributed by atoms with Gasteiger partial charge in [0.1, 0.15) is 4.32 Å². The molecule has 1 aromatic rings. The van der Waals surface area contributed by atoms with Crippen molar-refractivity contribution in [2.45, 2.75) is 6.42 Å². The molecule has 7 heteroatoms. The molecule has 0 aromatic heterocycles. The fraction of sp³-hybridized carbons (Fsp3) is 0.316. The van der Waals surface area contributed by atoms with Gasteiger partial charge in [-0.15, -0.1) is 0 Å². The Balaban J connectivity index is 1.55. The topological polar surface area (TPSA) is 49.9 Å². The molecule has 136 valence electrons. The summed E-state index contributed by atoms with van der Waals surface area (Å²) in [4.78, 5) is 28.6. The molecule has 0 atom stereocenters. The van der Waals surface area contributed by atoms with E-state index in [-0.39, 0.29) is 18.2 Å². The number of nitrogens with zero attached hydrogens (tertiary/aromatic N) is 2. The molecule has 0 saturated carbocycles. The highest BCUT2D eigenvalue weighted by atomic mass is 32.2. The molecule has 0 aliphatic carbocycles. The standard InChI is InChI=1S/C19H20N2O3S2/c22-17(20-11-13-24-14-12-20)9-10-21-18(23)16(26-19(21)25)8-4-7-15-5-2-1-3-6-15/h1-8H,9-14H2/b7-4-,16-8+. The van der Waals surface area contributed by atoms with Gasteiger partial charge in [-0.25, -0.2) is 0 Å².